The first-order valence-corrected chi connectivity index (χ1v) is 6.94. The van der Waals surface area contributed by atoms with E-state index in [0.717, 1.165) is 17.7 Å². The van der Waals surface area contributed by atoms with Crippen molar-refractivity contribution in [2.24, 2.45) is 0 Å². The van der Waals surface area contributed by atoms with Crippen LogP contribution >= 0.6 is 0 Å². The van der Waals surface area contributed by atoms with Gasteiger partial charge < -0.3 is 5.32 Å². The Morgan fingerprint density at radius 3 is 2.43 bits per heavy atom. The van der Waals surface area contributed by atoms with Crippen LogP contribution in [0.3, 0.4) is 0 Å². The molecule has 0 aromatic heterocycles. The molecule has 0 saturated carbocycles. The lowest BCUT2D eigenvalue weighted by molar-refractivity contribution is 0.517. The number of likely N-dealkylation sites (N-methyl/N-ethyl adjacent to an activating group) is 1. The predicted molar refractivity (Wildman–Crippen MR) is 77.6 cm³/mol. The maximum atomic E-state index is 13.8. The second kappa shape index (κ2) is 6.76. The van der Waals surface area contributed by atoms with Crippen molar-refractivity contribution >= 4 is 0 Å². The molecule has 0 saturated heterocycles. The van der Waals surface area contributed by atoms with Gasteiger partial charge in [0.15, 0.2) is 0 Å². The Kier molecular flexibility index (Phi) is 5.02. The molecule has 112 valence electrons. The predicted octanol–water partition coefficient (Wildman–Crippen LogP) is 4.31. The van der Waals surface area contributed by atoms with Crippen LogP contribution in [0.4, 0.5) is 13.2 Å². The molecule has 0 aliphatic carbocycles. The minimum atomic E-state index is -0.475. The van der Waals surface area contributed by atoms with Crippen LogP contribution in [-0.4, -0.2) is 6.54 Å². The van der Waals surface area contributed by atoms with Gasteiger partial charge in [-0.25, -0.2) is 13.2 Å². The number of hydrogen-bond donors (Lipinski definition) is 1. The molecule has 0 heterocycles. The molecule has 1 nitrogen and oxygen atoms in total. The van der Waals surface area contributed by atoms with Crippen molar-refractivity contribution in [3.05, 3.63) is 70.5 Å². The van der Waals surface area contributed by atoms with E-state index in [1.807, 2.05) is 13.0 Å². The topological polar surface area (TPSA) is 12.0 Å². The molecule has 2 aromatic carbocycles. The molecular formula is C17H18F3N. The van der Waals surface area contributed by atoms with Gasteiger partial charge in [0, 0.05) is 6.04 Å². The van der Waals surface area contributed by atoms with Crippen molar-refractivity contribution in [1.29, 1.82) is 0 Å². The summed E-state index contributed by atoms with van der Waals surface area (Å²) in [5.74, 6) is -1.22. The molecule has 2 rings (SSSR count). The van der Waals surface area contributed by atoms with Crippen molar-refractivity contribution < 1.29 is 13.2 Å². The third-order valence-corrected chi connectivity index (χ3v) is 3.48. The standard InChI is InChI=1S/C17H18F3N/c1-3-21-17(12-5-4-11(2)16(20)9-12)10-13-8-14(18)6-7-15(13)19/h4-9,17,21H,3,10H2,1-2H3. The van der Waals surface area contributed by atoms with E-state index in [1.165, 1.54) is 12.1 Å². The normalized spacial score (nSPS) is 12.4. The van der Waals surface area contributed by atoms with Crippen LogP contribution < -0.4 is 5.32 Å². The van der Waals surface area contributed by atoms with Gasteiger partial charge in [0.2, 0.25) is 0 Å². The number of halogens is 3. The first kappa shape index (κ1) is 15.6. The Hall–Kier alpha value is -1.81. The van der Waals surface area contributed by atoms with Gasteiger partial charge in [-0.15, -0.1) is 0 Å². The zero-order valence-corrected chi connectivity index (χ0v) is 12.1. The van der Waals surface area contributed by atoms with Gasteiger partial charge in [0.25, 0.3) is 0 Å². The van der Waals surface area contributed by atoms with E-state index in [9.17, 15) is 13.2 Å². The van der Waals surface area contributed by atoms with E-state index in [-0.39, 0.29) is 23.8 Å². The van der Waals surface area contributed by atoms with Crippen LogP contribution in [0.2, 0.25) is 0 Å². The fourth-order valence-electron chi connectivity index (χ4n) is 2.30. The monoisotopic (exact) mass is 293 g/mol. The molecule has 1 unspecified atom stereocenters. The van der Waals surface area contributed by atoms with Gasteiger partial charge >= 0.3 is 0 Å². The molecular weight excluding hydrogens is 275 g/mol. The molecule has 4 heteroatoms. The lowest BCUT2D eigenvalue weighted by Gasteiger charge is -2.19. The van der Waals surface area contributed by atoms with Crippen LogP contribution in [-0.2, 0) is 6.42 Å². The summed E-state index contributed by atoms with van der Waals surface area (Å²) in [7, 11) is 0. The third-order valence-electron chi connectivity index (χ3n) is 3.48. The number of rotatable bonds is 5. The Morgan fingerprint density at radius 1 is 1.00 bits per heavy atom. The van der Waals surface area contributed by atoms with Gasteiger partial charge in [-0.3, -0.25) is 0 Å². The number of aryl methyl sites for hydroxylation is 1. The van der Waals surface area contributed by atoms with E-state index in [1.54, 1.807) is 13.0 Å². The summed E-state index contributed by atoms with van der Waals surface area (Å²) in [6, 6.07) is 8.07. The number of nitrogens with one attached hydrogen (secondary N) is 1. The molecule has 0 bridgehead atoms. The third kappa shape index (κ3) is 3.85. The van der Waals surface area contributed by atoms with Gasteiger partial charge in [0.1, 0.15) is 17.5 Å². The summed E-state index contributed by atoms with van der Waals surface area (Å²) in [4.78, 5) is 0. The highest BCUT2D eigenvalue weighted by molar-refractivity contribution is 5.28. The molecule has 0 radical (unpaired) electrons. The summed E-state index contributed by atoms with van der Waals surface area (Å²) < 4.78 is 40.7. The van der Waals surface area contributed by atoms with Gasteiger partial charge in [-0.1, -0.05) is 19.1 Å². The molecule has 0 aliphatic heterocycles. The summed E-state index contributed by atoms with van der Waals surface area (Å²) >= 11 is 0. The molecule has 1 N–H and O–H groups in total. The first-order chi connectivity index (χ1) is 10.0. The number of hydrogen-bond acceptors (Lipinski definition) is 1. The maximum Gasteiger partial charge on any atom is 0.126 e. The second-order valence-electron chi connectivity index (χ2n) is 5.06. The van der Waals surface area contributed by atoms with Gasteiger partial charge in [-0.2, -0.15) is 0 Å². The van der Waals surface area contributed by atoms with E-state index in [4.69, 9.17) is 0 Å². The highest BCUT2D eigenvalue weighted by Crippen LogP contribution is 2.22. The Balaban J connectivity index is 2.30. The molecule has 0 fully saturated rings. The zero-order chi connectivity index (χ0) is 15.4. The average molecular weight is 293 g/mol. The van der Waals surface area contributed by atoms with E-state index in [2.05, 4.69) is 5.32 Å². The summed E-state index contributed by atoms with van der Waals surface area (Å²) in [6.45, 7) is 4.25. The minimum Gasteiger partial charge on any atom is -0.310 e. The SMILES string of the molecule is CCNC(Cc1cc(F)ccc1F)c1ccc(C)c(F)c1. The zero-order valence-electron chi connectivity index (χ0n) is 12.1. The average Bonchev–Trinajstić information content (AvgIpc) is 2.45. The van der Waals surface area contributed by atoms with E-state index < -0.39 is 11.6 Å². The summed E-state index contributed by atoms with van der Waals surface area (Å²) in [5, 5.41) is 3.18. The second-order valence-corrected chi connectivity index (χ2v) is 5.06. The lowest BCUT2D eigenvalue weighted by atomic mass is 9.97. The highest BCUT2D eigenvalue weighted by Gasteiger charge is 2.15. The molecule has 0 amide bonds. The van der Waals surface area contributed by atoms with Crippen molar-refractivity contribution in [3.63, 3.8) is 0 Å². The van der Waals surface area contributed by atoms with Crippen LogP contribution in [0.15, 0.2) is 36.4 Å². The fraction of sp³-hybridized carbons (Fsp3) is 0.294. The molecule has 21 heavy (non-hydrogen) atoms. The molecule has 1 atom stereocenters. The van der Waals surface area contributed by atoms with E-state index >= 15 is 0 Å². The van der Waals surface area contributed by atoms with Gasteiger partial charge in [0.05, 0.1) is 0 Å². The maximum absolute atomic E-state index is 13.8. The van der Waals surface area contributed by atoms with Crippen LogP contribution in [0.25, 0.3) is 0 Å². The van der Waals surface area contributed by atoms with Crippen LogP contribution in [0.1, 0.15) is 29.7 Å². The van der Waals surface area contributed by atoms with Crippen LogP contribution in [0, 0.1) is 24.4 Å². The molecule has 0 spiro atoms. The summed E-state index contributed by atoms with van der Waals surface area (Å²) in [6.07, 6.45) is 0.264. The van der Waals surface area contributed by atoms with Crippen molar-refractivity contribution in [1.82, 2.24) is 5.32 Å². The highest BCUT2D eigenvalue weighted by atomic mass is 19.1. The minimum absolute atomic E-state index is 0.263. The van der Waals surface area contributed by atoms with Crippen molar-refractivity contribution in [2.45, 2.75) is 26.3 Å². The smallest absolute Gasteiger partial charge is 0.126 e. The largest absolute Gasteiger partial charge is 0.310 e. The first-order valence-electron chi connectivity index (χ1n) is 6.94. The van der Waals surface area contributed by atoms with Crippen LogP contribution in [0.5, 0.6) is 0 Å². The van der Waals surface area contributed by atoms with Crippen molar-refractivity contribution in [2.75, 3.05) is 6.54 Å². The lowest BCUT2D eigenvalue weighted by Crippen LogP contribution is -2.23. The summed E-state index contributed by atoms with van der Waals surface area (Å²) in [5.41, 5.74) is 1.57. The van der Waals surface area contributed by atoms with Crippen molar-refractivity contribution in [3.8, 4) is 0 Å². The Bertz CT molecular complexity index is 625. The molecule has 2 aromatic rings. The Labute approximate surface area is 122 Å². The van der Waals surface area contributed by atoms with Gasteiger partial charge in [-0.05, 0) is 60.8 Å². The Morgan fingerprint density at radius 2 is 1.76 bits per heavy atom. The quantitative estimate of drug-likeness (QED) is 0.866. The fourth-order valence-corrected chi connectivity index (χ4v) is 2.30. The molecule has 0 aliphatic rings. The number of benzene rings is 2. The van der Waals surface area contributed by atoms with E-state index in [0.29, 0.717) is 12.1 Å².